The van der Waals surface area contributed by atoms with E-state index in [2.05, 4.69) is 5.32 Å². The van der Waals surface area contributed by atoms with E-state index in [1.54, 1.807) is 0 Å². The molecule has 30 heavy (non-hydrogen) atoms. The van der Waals surface area contributed by atoms with Crippen molar-refractivity contribution in [1.82, 2.24) is 5.32 Å². The van der Waals surface area contributed by atoms with Crippen LogP contribution in [0.15, 0.2) is 72.8 Å². The molecule has 0 radical (unpaired) electrons. The zero-order chi connectivity index (χ0) is 21.1. The minimum Gasteiger partial charge on any atom is -0.462 e. The first-order valence-electron chi connectivity index (χ1n) is 10.1. The Kier molecular flexibility index (Phi) is 5.55. The molecule has 0 aliphatic carbocycles. The van der Waals surface area contributed by atoms with Crippen molar-refractivity contribution in [1.29, 1.82) is 0 Å². The Bertz CT molecular complexity index is 1060. The van der Waals surface area contributed by atoms with Crippen LogP contribution in [-0.2, 0) is 25.6 Å². The third-order valence-corrected chi connectivity index (χ3v) is 5.47. The topological polar surface area (TPSA) is 64.6 Å². The molecule has 1 heterocycles. The van der Waals surface area contributed by atoms with Gasteiger partial charge in [0.05, 0.1) is 0 Å². The summed E-state index contributed by atoms with van der Waals surface area (Å²) in [6, 6.07) is 22.9. The number of esters is 2. The molecule has 1 fully saturated rings. The maximum Gasteiger partial charge on any atom is 0.348 e. The second kappa shape index (κ2) is 8.28. The first kappa shape index (κ1) is 20.1. The van der Waals surface area contributed by atoms with Gasteiger partial charge in [0, 0.05) is 12.0 Å². The van der Waals surface area contributed by atoms with E-state index in [4.69, 9.17) is 9.47 Å². The number of carbonyl (C=O) groups is 2. The number of cyclic esters (lactones) is 1. The van der Waals surface area contributed by atoms with Crippen molar-refractivity contribution in [2.45, 2.75) is 32.5 Å². The Labute approximate surface area is 176 Å². The van der Waals surface area contributed by atoms with Gasteiger partial charge in [-0.3, -0.25) is 5.32 Å². The summed E-state index contributed by atoms with van der Waals surface area (Å²) >= 11 is 0. The highest BCUT2D eigenvalue weighted by molar-refractivity contribution is 5.92. The molecule has 1 N–H and O–H groups in total. The molecule has 2 atom stereocenters. The van der Waals surface area contributed by atoms with Gasteiger partial charge >= 0.3 is 11.9 Å². The highest BCUT2D eigenvalue weighted by Gasteiger charge is 2.47. The average Bonchev–Trinajstić information content (AvgIpc) is 3.01. The highest BCUT2D eigenvalue weighted by Crippen LogP contribution is 2.33. The number of nitrogens with one attached hydrogen (secondary N) is 1. The van der Waals surface area contributed by atoms with E-state index in [0.717, 1.165) is 21.9 Å². The lowest BCUT2D eigenvalue weighted by molar-refractivity contribution is -0.164. The fourth-order valence-electron chi connectivity index (χ4n) is 3.76. The lowest BCUT2D eigenvalue weighted by Crippen LogP contribution is -2.39. The lowest BCUT2D eigenvalue weighted by Gasteiger charge is -2.25. The summed E-state index contributed by atoms with van der Waals surface area (Å²) in [6.07, 6.45) is -0.916. The molecular formula is C25H25NO4. The maximum absolute atomic E-state index is 13.3. The molecule has 5 nitrogen and oxygen atoms in total. The zero-order valence-electron chi connectivity index (χ0n) is 17.1. The van der Waals surface area contributed by atoms with Gasteiger partial charge in [0.15, 0.2) is 0 Å². The van der Waals surface area contributed by atoms with Crippen LogP contribution in [0.5, 0.6) is 0 Å². The molecule has 5 heteroatoms. The summed E-state index contributed by atoms with van der Waals surface area (Å²) in [6.45, 7) is 4.45. The fourth-order valence-corrected chi connectivity index (χ4v) is 3.76. The van der Waals surface area contributed by atoms with Gasteiger partial charge in [-0.25, -0.2) is 9.59 Å². The molecule has 3 aromatic carbocycles. The molecule has 1 saturated heterocycles. The van der Waals surface area contributed by atoms with E-state index in [1.807, 2.05) is 86.6 Å². The Morgan fingerprint density at radius 1 is 1.07 bits per heavy atom. The average molecular weight is 403 g/mol. The Hall–Kier alpha value is -3.18. The van der Waals surface area contributed by atoms with Crippen molar-refractivity contribution >= 4 is 22.7 Å². The molecular weight excluding hydrogens is 378 g/mol. The number of rotatable bonds is 6. The quantitative estimate of drug-likeness (QED) is 0.626. The molecule has 4 rings (SSSR count). The van der Waals surface area contributed by atoms with Crippen LogP contribution in [0.3, 0.4) is 0 Å². The van der Waals surface area contributed by atoms with Crippen LogP contribution in [0.4, 0.5) is 0 Å². The fraction of sp³-hybridized carbons (Fsp3) is 0.280. The smallest absolute Gasteiger partial charge is 0.348 e. The van der Waals surface area contributed by atoms with E-state index in [-0.39, 0.29) is 6.61 Å². The Morgan fingerprint density at radius 2 is 1.77 bits per heavy atom. The van der Waals surface area contributed by atoms with Crippen LogP contribution < -0.4 is 5.32 Å². The standard InChI is InChI=1S/C25H25NO4/c1-25(2)16-29-24(28)22(25)30-23(27)21(26-15-17-9-4-3-5-10-17)20-14-8-12-18-11-6-7-13-19(18)20/h3-14,21-22,26H,15-16H2,1-2H3/t21?,22-/m0/s1. The minimum absolute atomic E-state index is 0.236. The number of hydrogen-bond donors (Lipinski definition) is 1. The number of ether oxygens (including phenoxy) is 2. The Balaban J connectivity index is 1.66. The summed E-state index contributed by atoms with van der Waals surface area (Å²) in [5.74, 6) is -0.979. The normalized spacial score (nSPS) is 18.7. The highest BCUT2D eigenvalue weighted by atomic mass is 16.6. The van der Waals surface area contributed by atoms with Gasteiger partial charge in [0.25, 0.3) is 0 Å². The van der Waals surface area contributed by atoms with Crippen LogP contribution in [0.2, 0.25) is 0 Å². The minimum atomic E-state index is -0.916. The summed E-state index contributed by atoms with van der Waals surface area (Å²) in [5.41, 5.74) is 1.31. The second-order valence-corrected chi connectivity index (χ2v) is 8.28. The number of carbonyl (C=O) groups excluding carboxylic acids is 2. The van der Waals surface area contributed by atoms with Gasteiger partial charge in [0.2, 0.25) is 6.10 Å². The van der Waals surface area contributed by atoms with Gasteiger partial charge < -0.3 is 9.47 Å². The maximum atomic E-state index is 13.3. The van der Waals surface area contributed by atoms with Crippen LogP contribution >= 0.6 is 0 Å². The molecule has 1 unspecified atom stereocenters. The number of benzene rings is 3. The van der Waals surface area contributed by atoms with Gasteiger partial charge in [-0.05, 0) is 21.9 Å². The second-order valence-electron chi connectivity index (χ2n) is 8.28. The summed E-state index contributed by atoms with van der Waals surface area (Å²) in [5, 5.41) is 5.34. The van der Waals surface area contributed by atoms with E-state index in [9.17, 15) is 9.59 Å². The largest absolute Gasteiger partial charge is 0.462 e. The van der Waals surface area contributed by atoms with Crippen molar-refractivity contribution in [3.05, 3.63) is 83.9 Å². The van der Waals surface area contributed by atoms with Crippen molar-refractivity contribution in [3.63, 3.8) is 0 Å². The summed E-state index contributed by atoms with van der Waals surface area (Å²) in [7, 11) is 0. The van der Waals surface area contributed by atoms with Gasteiger partial charge in [-0.2, -0.15) is 0 Å². The first-order chi connectivity index (χ1) is 14.5. The Morgan fingerprint density at radius 3 is 2.50 bits per heavy atom. The molecule has 1 aliphatic heterocycles. The van der Waals surface area contributed by atoms with Crippen molar-refractivity contribution in [2.24, 2.45) is 5.41 Å². The van der Waals surface area contributed by atoms with E-state index >= 15 is 0 Å². The number of hydrogen-bond acceptors (Lipinski definition) is 5. The summed E-state index contributed by atoms with van der Waals surface area (Å²) < 4.78 is 10.8. The van der Waals surface area contributed by atoms with Crippen LogP contribution in [0.1, 0.15) is 31.0 Å². The third kappa shape index (κ3) is 4.07. The van der Waals surface area contributed by atoms with Gasteiger partial charge in [-0.15, -0.1) is 0 Å². The molecule has 0 saturated carbocycles. The third-order valence-electron chi connectivity index (χ3n) is 5.47. The van der Waals surface area contributed by atoms with E-state index in [0.29, 0.717) is 6.54 Å². The SMILES string of the molecule is CC1(C)COC(=O)[C@@H]1OC(=O)C(NCc1ccccc1)c1cccc2ccccc12. The molecule has 0 bridgehead atoms. The van der Waals surface area contributed by atoms with E-state index < -0.39 is 29.5 Å². The molecule has 0 amide bonds. The predicted octanol–water partition coefficient (Wildman–Crippen LogP) is 4.17. The van der Waals surface area contributed by atoms with Crippen molar-refractivity contribution < 1.29 is 19.1 Å². The van der Waals surface area contributed by atoms with Gasteiger partial charge in [-0.1, -0.05) is 86.6 Å². The predicted molar refractivity (Wildman–Crippen MR) is 115 cm³/mol. The van der Waals surface area contributed by atoms with Crippen LogP contribution in [0, 0.1) is 5.41 Å². The summed E-state index contributed by atoms with van der Waals surface area (Å²) in [4.78, 5) is 25.5. The molecule has 0 aromatic heterocycles. The first-order valence-corrected chi connectivity index (χ1v) is 10.1. The van der Waals surface area contributed by atoms with Crippen LogP contribution in [0.25, 0.3) is 10.8 Å². The van der Waals surface area contributed by atoms with E-state index in [1.165, 1.54) is 0 Å². The zero-order valence-corrected chi connectivity index (χ0v) is 17.1. The number of fused-ring (bicyclic) bond motifs is 1. The molecule has 154 valence electrons. The van der Waals surface area contributed by atoms with Gasteiger partial charge in [0.1, 0.15) is 12.6 Å². The van der Waals surface area contributed by atoms with Crippen LogP contribution in [-0.4, -0.2) is 24.6 Å². The monoisotopic (exact) mass is 403 g/mol. The van der Waals surface area contributed by atoms with Crippen molar-refractivity contribution in [3.8, 4) is 0 Å². The molecule has 0 spiro atoms. The molecule has 1 aliphatic rings. The molecule has 3 aromatic rings. The van der Waals surface area contributed by atoms with Crippen molar-refractivity contribution in [2.75, 3.05) is 6.61 Å². The lowest BCUT2D eigenvalue weighted by atomic mass is 9.89.